The van der Waals surface area contributed by atoms with Crippen molar-refractivity contribution in [3.05, 3.63) is 29.3 Å². The third kappa shape index (κ3) is 2.07. The minimum absolute atomic E-state index is 0.248. The zero-order chi connectivity index (χ0) is 10.8. The summed E-state index contributed by atoms with van der Waals surface area (Å²) in [6.45, 7) is 0. The molecule has 1 aromatic rings. The topological polar surface area (TPSA) is 29.5 Å². The van der Waals surface area contributed by atoms with Gasteiger partial charge in [0.1, 0.15) is 0 Å². The maximum absolute atomic E-state index is 11.6. The van der Waals surface area contributed by atoms with Crippen LogP contribution in [0.1, 0.15) is 12.8 Å². The molecule has 0 unspecified atom stereocenters. The molecule has 0 atom stereocenters. The first-order valence-electron chi connectivity index (χ1n) is 4.85. The van der Waals surface area contributed by atoms with Crippen LogP contribution in [0.4, 0.5) is 10.5 Å². The van der Waals surface area contributed by atoms with Crippen LogP contribution in [0, 0.1) is 0 Å². The van der Waals surface area contributed by atoms with Gasteiger partial charge in [0.15, 0.2) is 0 Å². The van der Waals surface area contributed by atoms with Crippen molar-refractivity contribution in [2.45, 2.75) is 18.9 Å². The third-order valence-electron chi connectivity index (χ3n) is 2.40. The summed E-state index contributed by atoms with van der Waals surface area (Å²) in [7, 11) is 1.38. The van der Waals surface area contributed by atoms with Crippen molar-refractivity contribution >= 4 is 23.4 Å². The van der Waals surface area contributed by atoms with E-state index in [0.29, 0.717) is 5.02 Å². The molecule has 0 saturated heterocycles. The molecule has 0 aromatic heterocycles. The number of nitrogens with zero attached hydrogens (tertiary/aromatic N) is 1. The number of hydrogen-bond acceptors (Lipinski definition) is 2. The minimum atomic E-state index is -0.342. The molecule has 1 aliphatic rings. The summed E-state index contributed by atoms with van der Waals surface area (Å²) in [5.41, 5.74) is 0.730. The van der Waals surface area contributed by atoms with E-state index in [1.54, 1.807) is 11.0 Å². The Morgan fingerprint density at radius 1 is 1.47 bits per heavy atom. The van der Waals surface area contributed by atoms with E-state index in [-0.39, 0.29) is 12.1 Å². The highest BCUT2D eigenvalue weighted by Crippen LogP contribution is 2.35. The highest BCUT2D eigenvalue weighted by molar-refractivity contribution is 6.33. The second-order valence-electron chi connectivity index (χ2n) is 3.52. The summed E-state index contributed by atoms with van der Waals surface area (Å²) in [5.74, 6) is 0. The Balaban J connectivity index is 2.32. The molecule has 2 rings (SSSR count). The van der Waals surface area contributed by atoms with E-state index in [9.17, 15) is 4.79 Å². The van der Waals surface area contributed by atoms with Gasteiger partial charge < -0.3 is 4.74 Å². The number of methoxy groups -OCH3 is 1. The van der Waals surface area contributed by atoms with Gasteiger partial charge in [0.25, 0.3) is 0 Å². The SMILES string of the molecule is COC(=O)N(c1ccccc1Cl)C1CC1. The van der Waals surface area contributed by atoms with Gasteiger partial charge in [0, 0.05) is 6.04 Å². The number of halogens is 1. The molecule has 1 aliphatic carbocycles. The molecule has 80 valence electrons. The van der Waals surface area contributed by atoms with E-state index >= 15 is 0 Å². The molecule has 0 radical (unpaired) electrons. The zero-order valence-electron chi connectivity index (χ0n) is 8.44. The van der Waals surface area contributed by atoms with E-state index in [1.165, 1.54) is 7.11 Å². The fourth-order valence-corrected chi connectivity index (χ4v) is 1.75. The van der Waals surface area contributed by atoms with E-state index in [2.05, 4.69) is 0 Å². The fraction of sp³-hybridized carbons (Fsp3) is 0.364. The van der Waals surface area contributed by atoms with E-state index in [1.807, 2.05) is 18.2 Å². The Kier molecular flexibility index (Phi) is 2.82. The second kappa shape index (κ2) is 4.11. The average molecular weight is 226 g/mol. The van der Waals surface area contributed by atoms with Crippen LogP contribution in [0.15, 0.2) is 24.3 Å². The van der Waals surface area contributed by atoms with Gasteiger partial charge in [0.2, 0.25) is 0 Å². The number of benzene rings is 1. The number of amides is 1. The largest absolute Gasteiger partial charge is 0.452 e. The fourth-order valence-electron chi connectivity index (χ4n) is 1.52. The van der Waals surface area contributed by atoms with E-state index in [0.717, 1.165) is 18.5 Å². The molecule has 0 spiro atoms. The number of para-hydroxylation sites is 1. The van der Waals surface area contributed by atoms with Crippen molar-refractivity contribution in [2.75, 3.05) is 12.0 Å². The van der Waals surface area contributed by atoms with Crippen LogP contribution in [0.25, 0.3) is 0 Å². The van der Waals surface area contributed by atoms with Crippen molar-refractivity contribution in [1.29, 1.82) is 0 Å². The van der Waals surface area contributed by atoms with Crippen molar-refractivity contribution < 1.29 is 9.53 Å². The van der Waals surface area contributed by atoms with Crippen molar-refractivity contribution in [3.63, 3.8) is 0 Å². The summed E-state index contributed by atoms with van der Waals surface area (Å²) in [5, 5.41) is 0.579. The van der Waals surface area contributed by atoms with Crippen LogP contribution < -0.4 is 4.90 Å². The smallest absolute Gasteiger partial charge is 0.414 e. The van der Waals surface area contributed by atoms with E-state index < -0.39 is 0 Å². The maximum Gasteiger partial charge on any atom is 0.414 e. The lowest BCUT2D eigenvalue weighted by Gasteiger charge is -2.21. The Morgan fingerprint density at radius 2 is 2.13 bits per heavy atom. The lowest BCUT2D eigenvalue weighted by Crippen LogP contribution is -2.33. The summed E-state index contributed by atoms with van der Waals surface area (Å²) in [6, 6.07) is 7.55. The second-order valence-corrected chi connectivity index (χ2v) is 3.93. The first-order chi connectivity index (χ1) is 7.24. The average Bonchev–Trinajstić information content (AvgIpc) is 3.05. The summed E-state index contributed by atoms with van der Waals surface area (Å²) in [4.78, 5) is 13.2. The minimum Gasteiger partial charge on any atom is -0.452 e. The predicted octanol–water partition coefficient (Wildman–Crippen LogP) is 3.08. The highest BCUT2D eigenvalue weighted by Gasteiger charge is 2.35. The summed E-state index contributed by atoms with van der Waals surface area (Å²) < 4.78 is 4.75. The van der Waals surface area contributed by atoms with Gasteiger partial charge in [-0.1, -0.05) is 23.7 Å². The van der Waals surface area contributed by atoms with Crippen molar-refractivity contribution in [2.24, 2.45) is 0 Å². The number of carbonyl (C=O) groups excluding carboxylic acids is 1. The molecule has 1 fully saturated rings. The molecule has 1 aromatic carbocycles. The van der Waals surface area contributed by atoms with Crippen LogP contribution in [-0.4, -0.2) is 19.2 Å². The summed E-state index contributed by atoms with van der Waals surface area (Å²) in [6.07, 6.45) is 1.69. The quantitative estimate of drug-likeness (QED) is 0.774. The lowest BCUT2D eigenvalue weighted by atomic mass is 10.3. The van der Waals surface area contributed by atoms with Gasteiger partial charge in [-0.15, -0.1) is 0 Å². The Labute approximate surface area is 93.6 Å². The predicted molar refractivity (Wildman–Crippen MR) is 59.4 cm³/mol. The lowest BCUT2D eigenvalue weighted by molar-refractivity contribution is 0.178. The Bertz CT molecular complexity index is 377. The van der Waals surface area contributed by atoms with Crippen LogP contribution in [0.2, 0.25) is 5.02 Å². The molecule has 0 aliphatic heterocycles. The number of carbonyl (C=O) groups is 1. The Morgan fingerprint density at radius 3 is 2.67 bits per heavy atom. The molecular weight excluding hydrogens is 214 g/mol. The maximum atomic E-state index is 11.6. The molecule has 15 heavy (non-hydrogen) atoms. The van der Waals surface area contributed by atoms with Gasteiger partial charge in [0.05, 0.1) is 17.8 Å². The zero-order valence-corrected chi connectivity index (χ0v) is 9.20. The monoisotopic (exact) mass is 225 g/mol. The first kappa shape index (κ1) is 10.3. The van der Waals surface area contributed by atoms with Gasteiger partial charge >= 0.3 is 6.09 Å². The molecule has 0 bridgehead atoms. The Hall–Kier alpha value is -1.22. The normalized spacial score (nSPS) is 14.8. The molecule has 1 saturated carbocycles. The molecule has 3 nitrogen and oxygen atoms in total. The molecular formula is C11H12ClNO2. The van der Waals surface area contributed by atoms with E-state index in [4.69, 9.17) is 16.3 Å². The standard InChI is InChI=1S/C11H12ClNO2/c1-15-11(14)13(8-6-7-8)10-5-3-2-4-9(10)12/h2-5,8H,6-7H2,1H3. The first-order valence-corrected chi connectivity index (χ1v) is 5.23. The number of anilines is 1. The van der Waals surface area contributed by atoms with Crippen LogP contribution in [-0.2, 0) is 4.74 Å². The van der Waals surface area contributed by atoms with Crippen molar-refractivity contribution in [1.82, 2.24) is 0 Å². The van der Waals surface area contributed by atoms with Gasteiger partial charge in [-0.3, -0.25) is 4.90 Å². The molecule has 0 N–H and O–H groups in total. The van der Waals surface area contributed by atoms with Gasteiger partial charge in [-0.25, -0.2) is 4.79 Å². The number of rotatable bonds is 2. The van der Waals surface area contributed by atoms with Crippen LogP contribution >= 0.6 is 11.6 Å². The summed E-state index contributed by atoms with van der Waals surface area (Å²) >= 11 is 6.04. The number of hydrogen-bond donors (Lipinski definition) is 0. The molecule has 4 heteroatoms. The van der Waals surface area contributed by atoms with Crippen molar-refractivity contribution in [3.8, 4) is 0 Å². The molecule has 1 amide bonds. The van der Waals surface area contributed by atoms with Gasteiger partial charge in [-0.05, 0) is 25.0 Å². The van der Waals surface area contributed by atoms with Gasteiger partial charge in [-0.2, -0.15) is 0 Å². The van der Waals surface area contributed by atoms with Crippen LogP contribution in [0.5, 0.6) is 0 Å². The van der Waals surface area contributed by atoms with Crippen LogP contribution in [0.3, 0.4) is 0 Å². The third-order valence-corrected chi connectivity index (χ3v) is 2.71. The molecule has 0 heterocycles. The highest BCUT2D eigenvalue weighted by atomic mass is 35.5. The number of ether oxygens (including phenoxy) is 1.